The van der Waals surface area contributed by atoms with Gasteiger partial charge in [-0.25, -0.2) is 9.97 Å². The molecule has 1 aromatic heterocycles. The van der Waals surface area contributed by atoms with Crippen LogP contribution in [0.2, 0.25) is 0 Å². The first kappa shape index (κ1) is 15.9. The number of rotatable bonds is 4. The minimum atomic E-state index is 0.369. The number of aromatic nitrogens is 2. The van der Waals surface area contributed by atoms with Crippen molar-refractivity contribution in [2.75, 3.05) is 31.1 Å². The predicted molar refractivity (Wildman–Crippen MR) is 94.8 cm³/mol. The van der Waals surface area contributed by atoms with E-state index in [9.17, 15) is 0 Å². The zero-order valence-corrected chi connectivity index (χ0v) is 14.4. The maximum absolute atomic E-state index is 4.76. The molecule has 1 aromatic carbocycles. The van der Waals surface area contributed by atoms with E-state index in [1.807, 2.05) is 0 Å². The molecule has 0 atom stereocenters. The number of aryl methyl sites for hydroxylation is 1. The van der Waals surface area contributed by atoms with E-state index < -0.39 is 0 Å². The zero-order chi connectivity index (χ0) is 16.2. The number of hydrogen-bond acceptors (Lipinski definition) is 4. The summed E-state index contributed by atoms with van der Waals surface area (Å²) in [4.78, 5) is 14.2. The molecule has 4 heteroatoms. The Morgan fingerprint density at radius 1 is 1.00 bits per heavy atom. The van der Waals surface area contributed by atoms with Crippen LogP contribution in [0.3, 0.4) is 0 Å². The van der Waals surface area contributed by atoms with Crippen LogP contribution in [0.15, 0.2) is 36.4 Å². The number of nitrogens with zero attached hydrogens (tertiary/aromatic N) is 4. The van der Waals surface area contributed by atoms with Gasteiger partial charge in [0.25, 0.3) is 0 Å². The molecule has 0 saturated carbocycles. The van der Waals surface area contributed by atoms with Crippen LogP contribution in [0.5, 0.6) is 0 Å². The highest BCUT2D eigenvalue weighted by Gasteiger charge is 2.19. The Morgan fingerprint density at radius 3 is 2.35 bits per heavy atom. The normalized spacial score (nSPS) is 16.1. The van der Waals surface area contributed by atoms with Gasteiger partial charge in [0.15, 0.2) is 0 Å². The van der Waals surface area contributed by atoms with E-state index in [-0.39, 0.29) is 0 Å². The van der Waals surface area contributed by atoms with E-state index in [1.165, 1.54) is 5.56 Å². The number of piperazine rings is 1. The Hall–Kier alpha value is -1.94. The third kappa shape index (κ3) is 4.08. The lowest BCUT2D eigenvalue weighted by atomic mass is 10.2. The van der Waals surface area contributed by atoms with Gasteiger partial charge in [0.05, 0.1) is 0 Å². The summed E-state index contributed by atoms with van der Waals surface area (Å²) >= 11 is 0. The van der Waals surface area contributed by atoms with Crippen molar-refractivity contribution < 1.29 is 0 Å². The van der Waals surface area contributed by atoms with Gasteiger partial charge < -0.3 is 4.90 Å². The van der Waals surface area contributed by atoms with Crippen LogP contribution in [0.25, 0.3) is 0 Å². The molecule has 4 nitrogen and oxygen atoms in total. The molecule has 3 rings (SSSR count). The average molecular weight is 310 g/mol. The minimum Gasteiger partial charge on any atom is -0.354 e. The molecule has 23 heavy (non-hydrogen) atoms. The second-order valence-electron chi connectivity index (χ2n) is 6.63. The summed E-state index contributed by atoms with van der Waals surface area (Å²) in [6.07, 6.45) is 0. The first-order chi connectivity index (χ1) is 11.1. The van der Waals surface area contributed by atoms with Gasteiger partial charge in [0.1, 0.15) is 11.6 Å². The summed E-state index contributed by atoms with van der Waals surface area (Å²) in [5, 5.41) is 0. The fraction of sp³-hybridized carbons (Fsp3) is 0.474. The maximum Gasteiger partial charge on any atom is 0.133 e. The molecular formula is C19H26N4. The van der Waals surface area contributed by atoms with Crippen LogP contribution in [0, 0.1) is 6.92 Å². The summed E-state index contributed by atoms with van der Waals surface area (Å²) in [7, 11) is 0. The van der Waals surface area contributed by atoms with Crippen molar-refractivity contribution in [1.29, 1.82) is 0 Å². The summed E-state index contributed by atoms with van der Waals surface area (Å²) in [6.45, 7) is 11.6. The first-order valence-corrected chi connectivity index (χ1v) is 8.48. The van der Waals surface area contributed by atoms with Crippen LogP contribution in [0.4, 0.5) is 5.82 Å². The minimum absolute atomic E-state index is 0.369. The molecule has 0 spiro atoms. The standard InChI is InChI=1S/C19H26N4/c1-15(2)19-20-16(3)13-18(21-19)23-11-9-22(10-12-23)14-17-7-5-4-6-8-17/h4-8,13,15H,9-12,14H2,1-3H3. The van der Waals surface area contributed by atoms with E-state index in [0.717, 1.165) is 50.1 Å². The lowest BCUT2D eigenvalue weighted by molar-refractivity contribution is 0.249. The fourth-order valence-electron chi connectivity index (χ4n) is 2.97. The Balaban J connectivity index is 1.63. The van der Waals surface area contributed by atoms with Crippen molar-refractivity contribution in [3.8, 4) is 0 Å². The molecule has 0 amide bonds. The zero-order valence-electron chi connectivity index (χ0n) is 14.4. The highest BCUT2D eigenvalue weighted by atomic mass is 15.3. The average Bonchev–Trinajstić information content (AvgIpc) is 2.56. The van der Waals surface area contributed by atoms with Crippen molar-refractivity contribution in [2.24, 2.45) is 0 Å². The quantitative estimate of drug-likeness (QED) is 0.868. The smallest absolute Gasteiger partial charge is 0.133 e. The molecule has 2 aromatic rings. The van der Waals surface area contributed by atoms with Gasteiger partial charge in [0, 0.05) is 50.4 Å². The Bertz CT molecular complexity index is 631. The molecule has 0 aliphatic carbocycles. The van der Waals surface area contributed by atoms with Crippen molar-refractivity contribution >= 4 is 5.82 Å². The largest absolute Gasteiger partial charge is 0.354 e. The number of hydrogen-bond donors (Lipinski definition) is 0. The Labute approximate surface area is 139 Å². The van der Waals surface area contributed by atoms with Gasteiger partial charge in [0.2, 0.25) is 0 Å². The van der Waals surface area contributed by atoms with Crippen LogP contribution < -0.4 is 4.90 Å². The van der Waals surface area contributed by atoms with E-state index in [4.69, 9.17) is 4.98 Å². The van der Waals surface area contributed by atoms with Crippen LogP contribution in [-0.2, 0) is 6.54 Å². The predicted octanol–water partition coefficient (Wildman–Crippen LogP) is 3.23. The molecule has 0 bridgehead atoms. The van der Waals surface area contributed by atoms with E-state index in [2.05, 4.69) is 72.0 Å². The van der Waals surface area contributed by atoms with Crippen LogP contribution >= 0.6 is 0 Å². The SMILES string of the molecule is Cc1cc(N2CCN(Cc3ccccc3)CC2)nc(C(C)C)n1. The summed E-state index contributed by atoms with van der Waals surface area (Å²) < 4.78 is 0. The molecule has 122 valence electrons. The molecule has 1 saturated heterocycles. The maximum atomic E-state index is 4.76. The fourth-order valence-corrected chi connectivity index (χ4v) is 2.97. The monoisotopic (exact) mass is 310 g/mol. The van der Waals surface area contributed by atoms with Gasteiger partial charge in [-0.05, 0) is 12.5 Å². The van der Waals surface area contributed by atoms with Gasteiger partial charge in [-0.3, -0.25) is 4.90 Å². The molecule has 1 aliphatic rings. The third-order valence-corrected chi connectivity index (χ3v) is 4.32. The van der Waals surface area contributed by atoms with Crippen molar-refractivity contribution in [1.82, 2.24) is 14.9 Å². The number of benzene rings is 1. The highest BCUT2D eigenvalue weighted by Crippen LogP contribution is 2.19. The molecular weight excluding hydrogens is 284 g/mol. The lowest BCUT2D eigenvalue weighted by Crippen LogP contribution is -2.46. The first-order valence-electron chi connectivity index (χ1n) is 8.48. The molecule has 0 N–H and O–H groups in total. The topological polar surface area (TPSA) is 32.3 Å². The van der Waals surface area contributed by atoms with Crippen molar-refractivity contribution in [2.45, 2.75) is 33.2 Å². The van der Waals surface area contributed by atoms with Gasteiger partial charge in [-0.1, -0.05) is 44.2 Å². The van der Waals surface area contributed by atoms with E-state index in [0.29, 0.717) is 5.92 Å². The summed E-state index contributed by atoms with van der Waals surface area (Å²) in [5.41, 5.74) is 2.45. The van der Waals surface area contributed by atoms with Crippen LogP contribution in [0.1, 0.15) is 36.8 Å². The second-order valence-corrected chi connectivity index (χ2v) is 6.63. The van der Waals surface area contributed by atoms with Crippen LogP contribution in [-0.4, -0.2) is 41.0 Å². The molecule has 0 unspecified atom stereocenters. The van der Waals surface area contributed by atoms with E-state index in [1.54, 1.807) is 0 Å². The molecule has 2 heterocycles. The third-order valence-electron chi connectivity index (χ3n) is 4.32. The highest BCUT2D eigenvalue weighted by molar-refractivity contribution is 5.40. The summed E-state index contributed by atoms with van der Waals surface area (Å²) in [5.74, 6) is 2.40. The second kappa shape index (κ2) is 7.09. The Kier molecular flexibility index (Phi) is 4.91. The van der Waals surface area contributed by atoms with Gasteiger partial charge >= 0.3 is 0 Å². The molecule has 1 aliphatic heterocycles. The summed E-state index contributed by atoms with van der Waals surface area (Å²) in [6, 6.07) is 12.8. The van der Waals surface area contributed by atoms with E-state index >= 15 is 0 Å². The van der Waals surface area contributed by atoms with Crippen molar-refractivity contribution in [3.63, 3.8) is 0 Å². The van der Waals surface area contributed by atoms with Gasteiger partial charge in [-0.15, -0.1) is 0 Å². The molecule has 0 radical (unpaired) electrons. The Morgan fingerprint density at radius 2 is 1.70 bits per heavy atom. The van der Waals surface area contributed by atoms with Gasteiger partial charge in [-0.2, -0.15) is 0 Å². The lowest BCUT2D eigenvalue weighted by Gasteiger charge is -2.35. The van der Waals surface area contributed by atoms with Crippen molar-refractivity contribution in [3.05, 3.63) is 53.5 Å². The number of anilines is 1. The molecule has 1 fully saturated rings.